The van der Waals surface area contributed by atoms with E-state index in [9.17, 15) is 14.0 Å². The second-order valence-electron chi connectivity index (χ2n) is 5.27. The number of halogens is 2. The molecule has 0 aliphatic rings. The molecule has 0 bridgehead atoms. The summed E-state index contributed by atoms with van der Waals surface area (Å²) in [6.07, 6.45) is -0.0242. The molecule has 0 fully saturated rings. The van der Waals surface area contributed by atoms with Crippen LogP contribution in [0.1, 0.15) is 12.5 Å². The predicted molar refractivity (Wildman–Crippen MR) is 95.3 cm³/mol. The van der Waals surface area contributed by atoms with Gasteiger partial charge in [-0.15, -0.1) is 0 Å². The van der Waals surface area contributed by atoms with Gasteiger partial charge >= 0.3 is 0 Å². The average molecular weight is 393 g/mol. The lowest BCUT2D eigenvalue weighted by Crippen LogP contribution is -2.38. The van der Waals surface area contributed by atoms with E-state index in [4.69, 9.17) is 0 Å². The Labute approximate surface area is 148 Å². The number of carbonyl (C=O) groups excluding carboxylic acids is 2. The quantitative estimate of drug-likeness (QED) is 0.819. The maximum absolute atomic E-state index is 13.5. The van der Waals surface area contributed by atoms with E-state index >= 15 is 0 Å². The molecule has 0 spiro atoms. The van der Waals surface area contributed by atoms with Gasteiger partial charge in [0, 0.05) is 30.2 Å². The zero-order valence-electron chi connectivity index (χ0n) is 13.3. The van der Waals surface area contributed by atoms with Crippen molar-refractivity contribution in [3.63, 3.8) is 0 Å². The fraction of sp³-hybridized carbons (Fsp3) is 0.222. The maximum atomic E-state index is 13.5. The molecule has 0 aliphatic heterocycles. The first-order valence-electron chi connectivity index (χ1n) is 7.51. The molecule has 1 N–H and O–H groups in total. The van der Waals surface area contributed by atoms with Crippen LogP contribution >= 0.6 is 15.9 Å². The van der Waals surface area contributed by atoms with E-state index in [2.05, 4.69) is 21.2 Å². The monoisotopic (exact) mass is 392 g/mol. The van der Waals surface area contributed by atoms with E-state index in [0.717, 1.165) is 10.2 Å². The maximum Gasteiger partial charge on any atom is 0.224 e. The molecule has 0 saturated carbocycles. The third-order valence-electron chi connectivity index (χ3n) is 3.47. The van der Waals surface area contributed by atoms with Crippen LogP contribution in [0.15, 0.2) is 53.0 Å². The average Bonchev–Trinajstić information content (AvgIpc) is 2.53. The first-order valence-corrected chi connectivity index (χ1v) is 8.30. The highest BCUT2D eigenvalue weighted by atomic mass is 79.9. The Morgan fingerprint density at radius 1 is 1.17 bits per heavy atom. The molecular weight excluding hydrogens is 375 g/mol. The van der Waals surface area contributed by atoms with E-state index in [1.807, 2.05) is 24.3 Å². The van der Waals surface area contributed by atoms with Crippen molar-refractivity contribution in [2.75, 3.05) is 18.0 Å². The van der Waals surface area contributed by atoms with E-state index in [1.165, 1.54) is 13.0 Å². The van der Waals surface area contributed by atoms with Gasteiger partial charge in [0.25, 0.3) is 0 Å². The van der Waals surface area contributed by atoms with Crippen molar-refractivity contribution >= 4 is 33.4 Å². The predicted octanol–water partition coefficient (Wildman–Crippen LogP) is 3.30. The Balaban J connectivity index is 1.90. The molecule has 2 rings (SSSR count). The minimum Gasteiger partial charge on any atom is -0.354 e. The van der Waals surface area contributed by atoms with Crippen molar-refractivity contribution in [1.29, 1.82) is 0 Å². The summed E-state index contributed by atoms with van der Waals surface area (Å²) >= 11 is 3.37. The van der Waals surface area contributed by atoms with Crippen molar-refractivity contribution in [2.24, 2.45) is 0 Å². The van der Waals surface area contributed by atoms with Gasteiger partial charge in [-0.25, -0.2) is 4.39 Å². The molecule has 0 atom stereocenters. The molecule has 2 aromatic carbocycles. The number of hydrogen-bond acceptors (Lipinski definition) is 2. The van der Waals surface area contributed by atoms with Gasteiger partial charge in [0.2, 0.25) is 11.8 Å². The van der Waals surface area contributed by atoms with Crippen LogP contribution in [0.5, 0.6) is 0 Å². The summed E-state index contributed by atoms with van der Waals surface area (Å²) in [6, 6.07) is 13.6. The van der Waals surface area contributed by atoms with Crippen LogP contribution in [0, 0.1) is 5.82 Å². The number of benzene rings is 2. The van der Waals surface area contributed by atoms with Gasteiger partial charge in [-0.05, 0) is 29.8 Å². The highest BCUT2D eigenvalue weighted by Crippen LogP contribution is 2.19. The number of carbonyl (C=O) groups is 2. The molecule has 0 radical (unpaired) electrons. The van der Waals surface area contributed by atoms with Gasteiger partial charge < -0.3 is 10.2 Å². The normalized spacial score (nSPS) is 10.3. The molecule has 24 heavy (non-hydrogen) atoms. The fourth-order valence-electron chi connectivity index (χ4n) is 2.30. The van der Waals surface area contributed by atoms with Crippen molar-refractivity contribution in [1.82, 2.24) is 5.32 Å². The second kappa shape index (κ2) is 8.59. The van der Waals surface area contributed by atoms with Crippen molar-refractivity contribution in [3.8, 4) is 0 Å². The highest BCUT2D eigenvalue weighted by Gasteiger charge is 2.13. The van der Waals surface area contributed by atoms with Crippen LogP contribution in [-0.2, 0) is 16.0 Å². The lowest BCUT2D eigenvalue weighted by molar-refractivity contribution is -0.121. The Kier molecular flexibility index (Phi) is 6.49. The first-order chi connectivity index (χ1) is 11.5. The Hall–Kier alpha value is -2.21. The van der Waals surface area contributed by atoms with Gasteiger partial charge in [0.1, 0.15) is 5.82 Å². The zero-order valence-corrected chi connectivity index (χ0v) is 14.8. The smallest absolute Gasteiger partial charge is 0.224 e. The van der Waals surface area contributed by atoms with Gasteiger partial charge in [-0.1, -0.05) is 40.2 Å². The summed E-state index contributed by atoms with van der Waals surface area (Å²) in [4.78, 5) is 25.3. The van der Waals surface area contributed by atoms with Gasteiger partial charge in [0.15, 0.2) is 0 Å². The molecule has 0 unspecified atom stereocenters. The van der Waals surface area contributed by atoms with E-state index in [1.54, 1.807) is 23.1 Å². The Morgan fingerprint density at radius 3 is 2.58 bits per heavy atom. The Bertz CT molecular complexity index is 736. The van der Waals surface area contributed by atoms with Gasteiger partial charge in [-0.2, -0.15) is 0 Å². The third-order valence-corrected chi connectivity index (χ3v) is 3.96. The SMILES string of the molecule is CC(=O)N(CCNC(=O)Cc1ccccc1F)c1cccc(Br)c1. The van der Waals surface area contributed by atoms with E-state index < -0.39 is 5.82 Å². The van der Waals surface area contributed by atoms with Crippen molar-refractivity contribution < 1.29 is 14.0 Å². The summed E-state index contributed by atoms with van der Waals surface area (Å²) in [5.74, 6) is -0.790. The van der Waals surface area contributed by atoms with Crippen molar-refractivity contribution in [2.45, 2.75) is 13.3 Å². The summed E-state index contributed by atoms with van der Waals surface area (Å²) in [5.41, 5.74) is 1.10. The summed E-state index contributed by atoms with van der Waals surface area (Å²) in [7, 11) is 0. The fourth-order valence-corrected chi connectivity index (χ4v) is 2.68. The molecule has 4 nitrogen and oxygen atoms in total. The highest BCUT2D eigenvalue weighted by molar-refractivity contribution is 9.10. The molecule has 2 aromatic rings. The lowest BCUT2D eigenvalue weighted by Gasteiger charge is -2.21. The minimum absolute atomic E-state index is 0.0242. The second-order valence-corrected chi connectivity index (χ2v) is 6.18. The van der Waals surface area contributed by atoms with Crippen LogP contribution in [0.3, 0.4) is 0 Å². The molecule has 2 amide bonds. The zero-order chi connectivity index (χ0) is 17.5. The number of nitrogens with zero attached hydrogens (tertiary/aromatic N) is 1. The van der Waals surface area contributed by atoms with Crippen LogP contribution in [0.2, 0.25) is 0 Å². The molecule has 6 heteroatoms. The standard InChI is InChI=1S/C18H18BrFN2O2/c1-13(23)22(16-7-4-6-15(19)12-16)10-9-21-18(24)11-14-5-2-3-8-17(14)20/h2-8,12H,9-11H2,1H3,(H,21,24). The summed E-state index contributed by atoms with van der Waals surface area (Å²) < 4.78 is 14.4. The third kappa shape index (κ3) is 5.16. The van der Waals surface area contributed by atoms with Gasteiger partial charge in [0.05, 0.1) is 6.42 Å². The number of hydrogen-bond donors (Lipinski definition) is 1. The molecule has 0 aliphatic carbocycles. The molecule has 0 heterocycles. The van der Waals surface area contributed by atoms with Crippen LogP contribution in [-0.4, -0.2) is 24.9 Å². The minimum atomic E-state index is -0.396. The van der Waals surface area contributed by atoms with E-state index in [0.29, 0.717) is 18.7 Å². The Morgan fingerprint density at radius 2 is 1.92 bits per heavy atom. The topological polar surface area (TPSA) is 49.4 Å². The number of rotatable bonds is 6. The van der Waals surface area contributed by atoms with Gasteiger partial charge in [-0.3, -0.25) is 9.59 Å². The molecular formula is C18H18BrFN2O2. The van der Waals surface area contributed by atoms with Crippen LogP contribution < -0.4 is 10.2 Å². The lowest BCUT2D eigenvalue weighted by atomic mass is 10.1. The van der Waals surface area contributed by atoms with E-state index in [-0.39, 0.29) is 18.2 Å². The number of amides is 2. The number of anilines is 1. The first kappa shape index (κ1) is 18.1. The van der Waals surface area contributed by atoms with Crippen molar-refractivity contribution in [3.05, 3.63) is 64.4 Å². The summed E-state index contributed by atoms with van der Waals surface area (Å²) in [5, 5.41) is 2.72. The molecule has 126 valence electrons. The number of nitrogens with one attached hydrogen (secondary N) is 1. The largest absolute Gasteiger partial charge is 0.354 e. The van der Waals surface area contributed by atoms with Crippen LogP contribution in [0.4, 0.5) is 10.1 Å². The molecule has 0 saturated heterocycles. The molecule has 0 aromatic heterocycles. The summed E-state index contributed by atoms with van der Waals surface area (Å²) in [6.45, 7) is 2.11. The van der Waals surface area contributed by atoms with Crippen LogP contribution in [0.25, 0.3) is 0 Å².